The minimum Gasteiger partial charge on any atom is -0.504 e. The fraction of sp³-hybridized carbons (Fsp3) is 0. The van der Waals surface area contributed by atoms with E-state index in [1.54, 1.807) is 4.90 Å². The van der Waals surface area contributed by atoms with Crippen molar-refractivity contribution in [3.63, 3.8) is 0 Å². The molecule has 0 unspecified atom stereocenters. The number of aromatic hydroxyl groups is 4. The van der Waals surface area contributed by atoms with E-state index in [2.05, 4.69) is 18.2 Å². The van der Waals surface area contributed by atoms with Crippen molar-refractivity contribution in [2.45, 2.75) is 0 Å². The predicted octanol–water partition coefficient (Wildman–Crippen LogP) is 13.8. The van der Waals surface area contributed by atoms with E-state index in [9.17, 15) is 20.4 Å². The number of benzene rings is 10. The first-order valence-corrected chi connectivity index (χ1v) is 19.1. The number of anilines is 3. The van der Waals surface area contributed by atoms with Crippen molar-refractivity contribution in [2.75, 3.05) is 4.90 Å². The van der Waals surface area contributed by atoms with E-state index >= 15 is 0 Å². The quantitative estimate of drug-likeness (QED) is 0.0794. The van der Waals surface area contributed by atoms with Crippen molar-refractivity contribution >= 4 is 82.1 Å². The highest BCUT2D eigenvalue weighted by molar-refractivity contribution is 6.17. The van der Waals surface area contributed by atoms with Crippen LogP contribution in [0.25, 0.3) is 87.3 Å². The number of nitrogens with zero attached hydrogens (tertiary/aromatic N) is 1. The predicted molar refractivity (Wildman–Crippen MR) is 236 cm³/mol. The van der Waals surface area contributed by atoms with E-state index in [-0.39, 0.29) is 11.3 Å². The zero-order valence-corrected chi connectivity index (χ0v) is 30.9. The Morgan fingerprint density at radius 3 is 1.57 bits per heavy atom. The molecule has 0 amide bonds. The fourth-order valence-corrected chi connectivity index (χ4v) is 8.79. The van der Waals surface area contributed by atoms with E-state index in [1.807, 2.05) is 158 Å². The van der Waals surface area contributed by atoms with Gasteiger partial charge in [-0.1, -0.05) is 146 Å². The second kappa shape index (κ2) is 12.8. The van der Waals surface area contributed by atoms with Crippen LogP contribution in [-0.4, -0.2) is 20.4 Å². The van der Waals surface area contributed by atoms with Gasteiger partial charge in [0.1, 0.15) is 16.9 Å². The van der Waals surface area contributed by atoms with Crippen LogP contribution in [0.3, 0.4) is 0 Å². The molecule has 0 aliphatic heterocycles. The van der Waals surface area contributed by atoms with Gasteiger partial charge in [0, 0.05) is 27.4 Å². The van der Waals surface area contributed by atoms with Crippen LogP contribution in [0.2, 0.25) is 0 Å². The topological polar surface area (TPSA) is 97.3 Å². The van der Waals surface area contributed by atoms with Crippen LogP contribution in [0.15, 0.2) is 180 Å². The maximum atomic E-state index is 12.3. The van der Waals surface area contributed by atoms with Crippen molar-refractivity contribution < 1.29 is 24.8 Å². The molecule has 0 aliphatic carbocycles. The summed E-state index contributed by atoms with van der Waals surface area (Å²) in [6.45, 7) is 0. The number of hydrogen-bond donors (Lipinski definition) is 4. The molecule has 58 heavy (non-hydrogen) atoms. The summed E-state index contributed by atoms with van der Waals surface area (Å²) in [5.41, 5.74) is 4.80. The molecule has 6 nitrogen and oxygen atoms in total. The monoisotopic (exact) mass is 751 g/mol. The molecular weight excluding hydrogens is 719 g/mol. The first-order valence-electron chi connectivity index (χ1n) is 19.1. The Morgan fingerprint density at radius 1 is 0.379 bits per heavy atom. The third-order valence-electron chi connectivity index (χ3n) is 11.5. The molecule has 0 saturated heterocycles. The molecule has 0 aliphatic rings. The van der Waals surface area contributed by atoms with E-state index in [0.29, 0.717) is 16.9 Å². The number of rotatable bonds is 5. The molecule has 276 valence electrons. The van der Waals surface area contributed by atoms with Crippen LogP contribution in [0, 0.1) is 0 Å². The summed E-state index contributed by atoms with van der Waals surface area (Å²) < 4.78 is 6.37. The molecule has 1 aromatic heterocycles. The van der Waals surface area contributed by atoms with Crippen molar-refractivity contribution in [1.82, 2.24) is 0 Å². The number of phenols is 4. The van der Waals surface area contributed by atoms with Crippen molar-refractivity contribution in [2.24, 2.45) is 0 Å². The first-order chi connectivity index (χ1) is 28.5. The highest BCUT2D eigenvalue weighted by atomic mass is 16.3. The lowest BCUT2D eigenvalue weighted by atomic mass is 9.91. The molecule has 0 atom stereocenters. The van der Waals surface area contributed by atoms with Gasteiger partial charge in [-0.05, 0) is 79.2 Å². The van der Waals surface area contributed by atoms with E-state index in [0.717, 1.165) is 76.2 Å². The number of fused-ring (bicyclic) bond motifs is 9. The van der Waals surface area contributed by atoms with Crippen LogP contribution < -0.4 is 4.90 Å². The molecule has 0 fully saturated rings. The molecule has 11 aromatic rings. The maximum absolute atomic E-state index is 12.3. The molecule has 1 heterocycles. The van der Waals surface area contributed by atoms with Gasteiger partial charge in [-0.2, -0.15) is 0 Å². The third-order valence-corrected chi connectivity index (χ3v) is 11.5. The van der Waals surface area contributed by atoms with Crippen LogP contribution in [0.1, 0.15) is 0 Å². The van der Waals surface area contributed by atoms with E-state index in [1.165, 1.54) is 0 Å². The van der Waals surface area contributed by atoms with Crippen LogP contribution in [-0.2, 0) is 0 Å². The highest BCUT2D eigenvalue weighted by Gasteiger charge is 2.31. The van der Waals surface area contributed by atoms with Gasteiger partial charge in [-0.15, -0.1) is 0 Å². The average Bonchev–Trinajstić information content (AvgIpc) is 3.66. The van der Waals surface area contributed by atoms with Crippen molar-refractivity contribution in [3.8, 4) is 45.3 Å². The molecule has 4 N–H and O–H groups in total. The lowest BCUT2D eigenvalue weighted by molar-refractivity contribution is 0.377. The van der Waals surface area contributed by atoms with Crippen molar-refractivity contribution in [1.29, 1.82) is 0 Å². The minimum absolute atomic E-state index is 0.0710. The Hall–Kier alpha value is -7.96. The number of furan rings is 1. The summed E-state index contributed by atoms with van der Waals surface area (Å²) in [6.07, 6.45) is 0. The maximum Gasteiger partial charge on any atom is 0.186 e. The Labute approximate surface area is 331 Å². The smallest absolute Gasteiger partial charge is 0.186 e. The Balaban J connectivity index is 1.16. The second-order valence-electron chi connectivity index (χ2n) is 14.6. The van der Waals surface area contributed by atoms with Crippen LogP contribution >= 0.6 is 0 Å². The van der Waals surface area contributed by atoms with Gasteiger partial charge in [0.05, 0.1) is 11.3 Å². The number of para-hydroxylation sites is 2. The molecular formula is C52H33NO5. The van der Waals surface area contributed by atoms with Gasteiger partial charge >= 0.3 is 0 Å². The van der Waals surface area contributed by atoms with Gasteiger partial charge in [0.15, 0.2) is 23.0 Å². The lowest BCUT2D eigenvalue weighted by Gasteiger charge is -2.30. The molecule has 0 saturated carbocycles. The Kier molecular flexibility index (Phi) is 7.37. The van der Waals surface area contributed by atoms with Crippen LogP contribution in [0.5, 0.6) is 23.0 Å². The molecule has 6 heteroatoms. The summed E-state index contributed by atoms with van der Waals surface area (Å²) in [6, 6.07) is 57.2. The van der Waals surface area contributed by atoms with E-state index in [4.69, 9.17) is 4.42 Å². The zero-order chi connectivity index (χ0) is 39.1. The SMILES string of the molecule is Oc1c(O)c(N(c2ccc(-c3cccc4c3oc3ccccc34)cc2)c2cc3ccccc3c3ccccc23)c(O)c(O)c1-c1cc2ccccc2c2ccccc12. The Morgan fingerprint density at radius 2 is 0.897 bits per heavy atom. The standard InChI is InChI=1S/C52H33NO5/c54-48-46(43-28-31-12-1-3-14-34(31)37-16-5-6-18-39(37)43)49(55)51(57)47(50(48)56)53(44-29-32-13-2-4-15-35(32)38-17-7-8-19-40(38)44)33-26-24-30(25-27-33)36-21-11-22-42-41-20-9-10-23-45(41)58-52(36)42/h1-29,54-57H. The molecule has 11 rings (SSSR count). The Bertz CT molecular complexity index is 3430. The second-order valence-corrected chi connectivity index (χ2v) is 14.6. The lowest BCUT2D eigenvalue weighted by Crippen LogP contribution is -2.11. The fourth-order valence-electron chi connectivity index (χ4n) is 8.79. The van der Waals surface area contributed by atoms with Crippen molar-refractivity contribution in [3.05, 3.63) is 176 Å². The molecule has 0 spiro atoms. The van der Waals surface area contributed by atoms with Gasteiger partial charge < -0.3 is 29.7 Å². The molecule has 0 bridgehead atoms. The highest BCUT2D eigenvalue weighted by Crippen LogP contribution is 2.60. The van der Waals surface area contributed by atoms with Crippen LogP contribution in [0.4, 0.5) is 17.1 Å². The van der Waals surface area contributed by atoms with Gasteiger partial charge in [-0.3, -0.25) is 0 Å². The minimum atomic E-state index is -0.587. The molecule has 0 radical (unpaired) electrons. The third kappa shape index (κ3) is 4.92. The van der Waals surface area contributed by atoms with E-state index < -0.39 is 23.0 Å². The normalized spacial score (nSPS) is 11.7. The van der Waals surface area contributed by atoms with Gasteiger partial charge in [0.2, 0.25) is 0 Å². The zero-order valence-electron chi connectivity index (χ0n) is 30.9. The van der Waals surface area contributed by atoms with Gasteiger partial charge in [-0.25, -0.2) is 0 Å². The van der Waals surface area contributed by atoms with Gasteiger partial charge in [0.25, 0.3) is 0 Å². The first kappa shape index (κ1) is 33.4. The summed E-state index contributed by atoms with van der Waals surface area (Å²) >= 11 is 0. The summed E-state index contributed by atoms with van der Waals surface area (Å²) in [7, 11) is 0. The largest absolute Gasteiger partial charge is 0.504 e. The average molecular weight is 752 g/mol. The number of phenolic OH excluding ortho intramolecular Hbond substituents is 4. The summed E-state index contributed by atoms with van der Waals surface area (Å²) in [5, 5.41) is 58.0. The summed E-state index contributed by atoms with van der Waals surface area (Å²) in [4.78, 5) is 1.70. The summed E-state index contributed by atoms with van der Waals surface area (Å²) in [5.74, 6) is -2.30. The number of hydrogen-bond acceptors (Lipinski definition) is 6. The molecule has 10 aromatic carbocycles.